The standard InChI is InChI=1S/C7H13ClO/c1-3-6-5(2)4-7(8)9-6/h5-7H,3-4H2,1-2H3/t5?,6-,7-/m0/s1. The summed E-state index contributed by atoms with van der Waals surface area (Å²) in [6.45, 7) is 4.33. The predicted molar refractivity (Wildman–Crippen MR) is 38.6 cm³/mol. The van der Waals surface area contributed by atoms with E-state index in [2.05, 4.69) is 13.8 Å². The molecular weight excluding hydrogens is 136 g/mol. The summed E-state index contributed by atoms with van der Waals surface area (Å²) in [7, 11) is 0. The van der Waals surface area contributed by atoms with Gasteiger partial charge in [-0.1, -0.05) is 25.4 Å². The van der Waals surface area contributed by atoms with E-state index in [1.54, 1.807) is 0 Å². The lowest BCUT2D eigenvalue weighted by Crippen LogP contribution is -2.11. The third-order valence-corrected chi connectivity index (χ3v) is 2.20. The lowest BCUT2D eigenvalue weighted by atomic mass is 10.0. The number of ether oxygens (including phenoxy) is 1. The monoisotopic (exact) mass is 148 g/mol. The third kappa shape index (κ3) is 1.59. The van der Waals surface area contributed by atoms with Crippen LogP contribution in [0.5, 0.6) is 0 Å². The molecule has 3 atom stereocenters. The van der Waals surface area contributed by atoms with Crippen LogP contribution in [-0.2, 0) is 4.74 Å². The number of alkyl halides is 1. The largest absolute Gasteiger partial charge is 0.359 e. The Morgan fingerprint density at radius 3 is 2.56 bits per heavy atom. The van der Waals surface area contributed by atoms with Crippen molar-refractivity contribution in [2.24, 2.45) is 5.92 Å². The maximum absolute atomic E-state index is 5.76. The van der Waals surface area contributed by atoms with Gasteiger partial charge in [-0.05, 0) is 18.8 Å². The van der Waals surface area contributed by atoms with E-state index in [4.69, 9.17) is 16.3 Å². The molecule has 1 aliphatic rings. The molecule has 0 saturated carbocycles. The topological polar surface area (TPSA) is 9.23 Å². The summed E-state index contributed by atoms with van der Waals surface area (Å²) in [6, 6.07) is 0. The second-order valence-corrected chi connectivity index (χ2v) is 3.19. The average molecular weight is 149 g/mol. The first-order chi connectivity index (χ1) is 4.24. The quantitative estimate of drug-likeness (QED) is 0.519. The molecule has 1 heterocycles. The third-order valence-electron chi connectivity index (χ3n) is 1.92. The van der Waals surface area contributed by atoms with Crippen LogP contribution < -0.4 is 0 Å². The normalized spacial score (nSPS) is 43.7. The van der Waals surface area contributed by atoms with Crippen molar-refractivity contribution in [3.8, 4) is 0 Å². The summed E-state index contributed by atoms with van der Waals surface area (Å²) in [5.41, 5.74) is -0.0232. The van der Waals surface area contributed by atoms with E-state index in [1.807, 2.05) is 0 Å². The van der Waals surface area contributed by atoms with Gasteiger partial charge in [-0.25, -0.2) is 0 Å². The molecule has 0 N–H and O–H groups in total. The van der Waals surface area contributed by atoms with Gasteiger partial charge in [-0.3, -0.25) is 0 Å². The van der Waals surface area contributed by atoms with Crippen LogP contribution in [0.25, 0.3) is 0 Å². The summed E-state index contributed by atoms with van der Waals surface area (Å²) in [5, 5.41) is 0. The maximum atomic E-state index is 5.76. The Morgan fingerprint density at radius 2 is 2.33 bits per heavy atom. The molecule has 1 fully saturated rings. The first-order valence-corrected chi connectivity index (χ1v) is 3.97. The Morgan fingerprint density at radius 1 is 1.67 bits per heavy atom. The lowest BCUT2D eigenvalue weighted by molar-refractivity contribution is 0.0721. The second kappa shape index (κ2) is 2.89. The number of halogens is 1. The fourth-order valence-electron chi connectivity index (χ4n) is 1.32. The van der Waals surface area contributed by atoms with Crippen molar-refractivity contribution >= 4 is 11.6 Å². The zero-order chi connectivity index (χ0) is 6.85. The summed E-state index contributed by atoms with van der Waals surface area (Å²) in [4.78, 5) is 0. The molecule has 0 spiro atoms. The molecule has 9 heavy (non-hydrogen) atoms. The van der Waals surface area contributed by atoms with Crippen LogP contribution in [0.15, 0.2) is 0 Å². The molecule has 1 nitrogen and oxygen atoms in total. The van der Waals surface area contributed by atoms with Gasteiger partial charge in [0.1, 0.15) is 5.56 Å². The van der Waals surface area contributed by atoms with E-state index in [0.717, 1.165) is 12.8 Å². The van der Waals surface area contributed by atoms with Crippen LogP contribution in [0, 0.1) is 5.92 Å². The van der Waals surface area contributed by atoms with Gasteiger partial charge in [0, 0.05) is 0 Å². The van der Waals surface area contributed by atoms with E-state index >= 15 is 0 Å². The van der Waals surface area contributed by atoms with Crippen LogP contribution in [0.3, 0.4) is 0 Å². The molecule has 0 bridgehead atoms. The Bertz CT molecular complexity index is 94.9. The Hall–Kier alpha value is 0.250. The molecule has 1 unspecified atom stereocenters. The summed E-state index contributed by atoms with van der Waals surface area (Å²) in [6.07, 6.45) is 2.51. The molecular formula is C7H13ClO. The van der Waals surface area contributed by atoms with Crippen molar-refractivity contribution in [2.75, 3.05) is 0 Å². The SMILES string of the molecule is CC[C@@H]1O[C@H](Cl)CC1C. The minimum atomic E-state index is -0.0232. The molecule has 1 rings (SSSR count). The average Bonchev–Trinajstić information content (AvgIpc) is 2.10. The Kier molecular flexibility index (Phi) is 2.36. The summed E-state index contributed by atoms with van der Waals surface area (Å²) >= 11 is 5.76. The van der Waals surface area contributed by atoms with Crippen molar-refractivity contribution in [1.82, 2.24) is 0 Å². The van der Waals surface area contributed by atoms with Gasteiger partial charge >= 0.3 is 0 Å². The minimum absolute atomic E-state index is 0.0232. The molecule has 0 aromatic carbocycles. The van der Waals surface area contributed by atoms with Crippen molar-refractivity contribution in [2.45, 2.75) is 38.4 Å². The number of hydrogen-bond donors (Lipinski definition) is 0. The number of rotatable bonds is 1. The van der Waals surface area contributed by atoms with Crippen molar-refractivity contribution in [3.05, 3.63) is 0 Å². The van der Waals surface area contributed by atoms with Gasteiger partial charge < -0.3 is 4.74 Å². The van der Waals surface area contributed by atoms with Gasteiger partial charge in [-0.2, -0.15) is 0 Å². The fraction of sp³-hybridized carbons (Fsp3) is 1.00. The molecule has 0 aromatic rings. The molecule has 1 aliphatic heterocycles. The zero-order valence-electron chi connectivity index (χ0n) is 5.93. The van der Waals surface area contributed by atoms with Crippen molar-refractivity contribution in [1.29, 1.82) is 0 Å². The summed E-state index contributed by atoms with van der Waals surface area (Å²) in [5.74, 6) is 0.650. The predicted octanol–water partition coefficient (Wildman–Crippen LogP) is 2.39. The van der Waals surface area contributed by atoms with Crippen LogP contribution in [0.4, 0.5) is 0 Å². The summed E-state index contributed by atoms with van der Waals surface area (Å²) < 4.78 is 5.39. The molecule has 0 aliphatic carbocycles. The van der Waals surface area contributed by atoms with E-state index in [0.29, 0.717) is 12.0 Å². The van der Waals surface area contributed by atoms with Gasteiger partial charge in [0.25, 0.3) is 0 Å². The molecule has 2 heteroatoms. The van der Waals surface area contributed by atoms with Crippen molar-refractivity contribution in [3.63, 3.8) is 0 Å². The first kappa shape index (κ1) is 7.36. The fourth-order valence-corrected chi connectivity index (χ4v) is 1.74. The van der Waals surface area contributed by atoms with Crippen LogP contribution in [0.2, 0.25) is 0 Å². The first-order valence-electron chi connectivity index (χ1n) is 3.53. The highest BCUT2D eigenvalue weighted by Crippen LogP contribution is 2.29. The van der Waals surface area contributed by atoms with E-state index in [1.165, 1.54) is 0 Å². The van der Waals surface area contributed by atoms with E-state index in [-0.39, 0.29) is 5.56 Å². The van der Waals surface area contributed by atoms with Gasteiger partial charge in [0.2, 0.25) is 0 Å². The second-order valence-electron chi connectivity index (χ2n) is 2.71. The minimum Gasteiger partial charge on any atom is -0.359 e. The van der Waals surface area contributed by atoms with Crippen molar-refractivity contribution < 1.29 is 4.74 Å². The van der Waals surface area contributed by atoms with Crippen LogP contribution in [0.1, 0.15) is 26.7 Å². The molecule has 0 aromatic heterocycles. The van der Waals surface area contributed by atoms with E-state index in [9.17, 15) is 0 Å². The lowest BCUT2D eigenvalue weighted by Gasteiger charge is -2.09. The van der Waals surface area contributed by atoms with E-state index < -0.39 is 0 Å². The number of hydrogen-bond acceptors (Lipinski definition) is 1. The van der Waals surface area contributed by atoms with Gasteiger partial charge in [0.05, 0.1) is 6.10 Å². The van der Waals surface area contributed by atoms with Crippen LogP contribution >= 0.6 is 11.6 Å². The maximum Gasteiger partial charge on any atom is 0.131 e. The smallest absolute Gasteiger partial charge is 0.131 e. The Labute approximate surface area is 61.3 Å². The highest BCUT2D eigenvalue weighted by molar-refractivity contribution is 6.19. The highest BCUT2D eigenvalue weighted by Gasteiger charge is 2.28. The zero-order valence-corrected chi connectivity index (χ0v) is 6.69. The molecule has 0 amide bonds. The van der Waals surface area contributed by atoms with Gasteiger partial charge in [-0.15, -0.1) is 0 Å². The molecule has 0 radical (unpaired) electrons. The van der Waals surface area contributed by atoms with Crippen LogP contribution in [-0.4, -0.2) is 11.7 Å². The molecule has 1 saturated heterocycles. The Balaban J connectivity index is 2.38. The van der Waals surface area contributed by atoms with Gasteiger partial charge in [0.15, 0.2) is 0 Å². The highest BCUT2D eigenvalue weighted by atomic mass is 35.5. The molecule has 54 valence electrons.